The van der Waals surface area contributed by atoms with Gasteiger partial charge in [0.25, 0.3) is 5.91 Å². The average molecular weight is 231 g/mol. The number of methoxy groups -OCH3 is 1. The van der Waals surface area contributed by atoms with Crippen molar-refractivity contribution in [2.45, 2.75) is 6.92 Å². The Kier molecular flexibility index (Phi) is 3.14. The predicted octanol–water partition coefficient (Wildman–Crippen LogP) is 2.85. The molecule has 4 heteroatoms. The summed E-state index contributed by atoms with van der Waals surface area (Å²) < 4.78 is 10.1. The van der Waals surface area contributed by atoms with E-state index < -0.39 is 0 Å². The highest BCUT2D eigenvalue weighted by molar-refractivity contribution is 6.02. The summed E-state index contributed by atoms with van der Waals surface area (Å²) in [6, 6.07) is 8.80. The fraction of sp³-hybridized carbons (Fsp3) is 0.154. The van der Waals surface area contributed by atoms with Gasteiger partial charge in [0, 0.05) is 5.69 Å². The SMILES string of the molecule is COc1ccc(NC(=O)c2cc(C)co2)cc1. The van der Waals surface area contributed by atoms with Gasteiger partial charge < -0.3 is 14.5 Å². The highest BCUT2D eigenvalue weighted by Gasteiger charge is 2.09. The van der Waals surface area contributed by atoms with Crippen LogP contribution in [0.3, 0.4) is 0 Å². The van der Waals surface area contributed by atoms with Gasteiger partial charge in [-0.1, -0.05) is 0 Å². The quantitative estimate of drug-likeness (QED) is 0.883. The van der Waals surface area contributed by atoms with E-state index in [2.05, 4.69) is 5.32 Å². The summed E-state index contributed by atoms with van der Waals surface area (Å²) in [6.07, 6.45) is 1.54. The number of anilines is 1. The Labute approximate surface area is 99.2 Å². The van der Waals surface area contributed by atoms with Crippen molar-refractivity contribution in [3.63, 3.8) is 0 Å². The number of ether oxygens (including phenoxy) is 1. The average Bonchev–Trinajstić information content (AvgIpc) is 2.77. The number of aryl methyl sites for hydroxylation is 1. The molecular weight excluding hydrogens is 218 g/mol. The zero-order valence-corrected chi connectivity index (χ0v) is 9.69. The number of rotatable bonds is 3. The Balaban J connectivity index is 2.07. The zero-order valence-electron chi connectivity index (χ0n) is 9.69. The van der Waals surface area contributed by atoms with Crippen molar-refractivity contribution in [1.29, 1.82) is 0 Å². The molecule has 88 valence electrons. The summed E-state index contributed by atoms with van der Waals surface area (Å²) in [5.74, 6) is 0.790. The third-order valence-corrected chi connectivity index (χ3v) is 2.30. The maximum atomic E-state index is 11.7. The van der Waals surface area contributed by atoms with Crippen molar-refractivity contribution >= 4 is 11.6 Å². The molecule has 0 unspecified atom stereocenters. The highest BCUT2D eigenvalue weighted by atomic mass is 16.5. The molecule has 0 atom stereocenters. The van der Waals surface area contributed by atoms with Gasteiger partial charge in [0.1, 0.15) is 5.75 Å². The Hall–Kier alpha value is -2.23. The number of hydrogen-bond donors (Lipinski definition) is 1. The van der Waals surface area contributed by atoms with Crippen LogP contribution in [0.15, 0.2) is 41.0 Å². The van der Waals surface area contributed by atoms with Gasteiger partial charge in [-0.3, -0.25) is 4.79 Å². The topological polar surface area (TPSA) is 51.5 Å². The summed E-state index contributed by atoms with van der Waals surface area (Å²) in [5, 5.41) is 2.73. The Morgan fingerprint density at radius 1 is 1.29 bits per heavy atom. The first kappa shape index (κ1) is 11.3. The van der Waals surface area contributed by atoms with E-state index in [9.17, 15) is 4.79 Å². The molecule has 0 spiro atoms. The molecule has 1 heterocycles. The normalized spacial score (nSPS) is 10.0. The number of nitrogens with one attached hydrogen (secondary N) is 1. The van der Waals surface area contributed by atoms with Crippen molar-refractivity contribution in [3.8, 4) is 5.75 Å². The van der Waals surface area contributed by atoms with Crippen molar-refractivity contribution in [2.75, 3.05) is 12.4 Å². The Bertz CT molecular complexity index is 514. The zero-order chi connectivity index (χ0) is 12.3. The van der Waals surface area contributed by atoms with Crippen molar-refractivity contribution < 1.29 is 13.9 Å². The highest BCUT2D eigenvalue weighted by Crippen LogP contribution is 2.16. The molecule has 0 aliphatic carbocycles. The molecule has 1 amide bonds. The van der Waals surface area contributed by atoms with Gasteiger partial charge in [0.2, 0.25) is 0 Å². The molecule has 0 bridgehead atoms. The first-order chi connectivity index (χ1) is 8.19. The third kappa shape index (κ3) is 2.66. The van der Waals surface area contributed by atoms with E-state index in [4.69, 9.17) is 9.15 Å². The van der Waals surface area contributed by atoms with Crippen LogP contribution in [0.4, 0.5) is 5.69 Å². The van der Waals surface area contributed by atoms with Gasteiger partial charge in [-0.2, -0.15) is 0 Å². The van der Waals surface area contributed by atoms with Gasteiger partial charge in [0.05, 0.1) is 13.4 Å². The van der Waals surface area contributed by atoms with Crippen molar-refractivity contribution in [2.24, 2.45) is 0 Å². The van der Waals surface area contributed by atoms with Gasteiger partial charge >= 0.3 is 0 Å². The van der Waals surface area contributed by atoms with Crippen LogP contribution in [-0.2, 0) is 0 Å². The largest absolute Gasteiger partial charge is 0.497 e. The van der Waals surface area contributed by atoms with Crippen LogP contribution >= 0.6 is 0 Å². The molecule has 17 heavy (non-hydrogen) atoms. The molecule has 1 aromatic heterocycles. The summed E-state index contributed by atoms with van der Waals surface area (Å²) in [7, 11) is 1.60. The lowest BCUT2D eigenvalue weighted by Crippen LogP contribution is -2.10. The van der Waals surface area contributed by atoms with Crippen LogP contribution in [0.25, 0.3) is 0 Å². The fourth-order valence-corrected chi connectivity index (χ4v) is 1.42. The lowest BCUT2D eigenvalue weighted by atomic mass is 10.3. The van der Waals surface area contributed by atoms with E-state index in [-0.39, 0.29) is 5.91 Å². The first-order valence-corrected chi connectivity index (χ1v) is 5.19. The maximum Gasteiger partial charge on any atom is 0.291 e. The van der Waals surface area contributed by atoms with E-state index in [0.29, 0.717) is 11.4 Å². The van der Waals surface area contributed by atoms with E-state index >= 15 is 0 Å². The summed E-state index contributed by atoms with van der Waals surface area (Å²) in [5.41, 5.74) is 1.62. The van der Waals surface area contributed by atoms with E-state index in [1.54, 1.807) is 43.7 Å². The molecule has 2 aromatic rings. The minimum atomic E-state index is -0.261. The molecule has 0 aliphatic rings. The minimum Gasteiger partial charge on any atom is -0.497 e. The van der Waals surface area contributed by atoms with E-state index in [0.717, 1.165) is 11.3 Å². The standard InChI is InChI=1S/C13H13NO3/c1-9-7-12(17-8-9)13(15)14-10-3-5-11(16-2)6-4-10/h3-8H,1-2H3,(H,14,15). The molecule has 2 rings (SSSR count). The second-order valence-corrected chi connectivity index (χ2v) is 3.67. The molecule has 0 aliphatic heterocycles. The van der Waals surface area contributed by atoms with Crippen molar-refractivity contribution in [1.82, 2.24) is 0 Å². The molecule has 0 fully saturated rings. The molecule has 4 nitrogen and oxygen atoms in total. The maximum absolute atomic E-state index is 11.7. The first-order valence-electron chi connectivity index (χ1n) is 5.19. The lowest BCUT2D eigenvalue weighted by molar-refractivity contribution is 0.0996. The van der Waals surface area contributed by atoms with Crippen LogP contribution in [0.5, 0.6) is 5.75 Å². The van der Waals surface area contributed by atoms with Gasteiger partial charge in [0.15, 0.2) is 5.76 Å². The van der Waals surface area contributed by atoms with Crippen LogP contribution in [0, 0.1) is 6.92 Å². The monoisotopic (exact) mass is 231 g/mol. The lowest BCUT2D eigenvalue weighted by Gasteiger charge is -2.04. The Morgan fingerprint density at radius 2 is 2.00 bits per heavy atom. The molecule has 0 saturated carbocycles. The number of amides is 1. The minimum absolute atomic E-state index is 0.261. The number of furan rings is 1. The van der Waals surface area contributed by atoms with Crippen LogP contribution in [0.2, 0.25) is 0 Å². The van der Waals surface area contributed by atoms with E-state index in [1.165, 1.54) is 0 Å². The number of carbonyl (C=O) groups is 1. The molecular formula is C13H13NO3. The Morgan fingerprint density at radius 3 is 2.53 bits per heavy atom. The second kappa shape index (κ2) is 4.74. The second-order valence-electron chi connectivity index (χ2n) is 3.67. The van der Waals surface area contributed by atoms with Crippen molar-refractivity contribution in [3.05, 3.63) is 47.9 Å². The van der Waals surface area contributed by atoms with Crippen LogP contribution in [0.1, 0.15) is 16.1 Å². The smallest absolute Gasteiger partial charge is 0.291 e. The van der Waals surface area contributed by atoms with Gasteiger partial charge in [-0.05, 0) is 42.8 Å². The molecule has 0 radical (unpaired) electrons. The number of hydrogen-bond acceptors (Lipinski definition) is 3. The van der Waals surface area contributed by atoms with Crippen LogP contribution < -0.4 is 10.1 Å². The van der Waals surface area contributed by atoms with Gasteiger partial charge in [-0.25, -0.2) is 0 Å². The number of benzene rings is 1. The predicted molar refractivity (Wildman–Crippen MR) is 64.4 cm³/mol. The molecule has 1 aromatic carbocycles. The summed E-state index contributed by atoms with van der Waals surface area (Å²) in [6.45, 7) is 1.87. The number of carbonyl (C=O) groups excluding carboxylic acids is 1. The third-order valence-electron chi connectivity index (χ3n) is 2.30. The van der Waals surface area contributed by atoms with Crippen LogP contribution in [-0.4, -0.2) is 13.0 Å². The molecule has 1 N–H and O–H groups in total. The summed E-state index contributed by atoms with van der Waals surface area (Å²) in [4.78, 5) is 11.7. The van der Waals surface area contributed by atoms with E-state index in [1.807, 2.05) is 6.92 Å². The van der Waals surface area contributed by atoms with Gasteiger partial charge in [-0.15, -0.1) is 0 Å². The fourth-order valence-electron chi connectivity index (χ4n) is 1.42. The summed E-state index contributed by atoms with van der Waals surface area (Å²) >= 11 is 0. The molecule has 0 saturated heterocycles.